The summed E-state index contributed by atoms with van der Waals surface area (Å²) in [6, 6.07) is 11.9. The number of rotatable bonds is 13. The first-order valence-electron chi connectivity index (χ1n) is 15.2. The number of terminal acetylenes is 2. The first-order valence-corrected chi connectivity index (χ1v) is 18.8. The Morgan fingerprint density at radius 1 is 0.898 bits per heavy atom. The number of nitrogen functional groups attached to an aromatic ring is 1. The van der Waals surface area contributed by atoms with Crippen molar-refractivity contribution in [3.63, 3.8) is 0 Å². The molecule has 0 aliphatic rings. The summed E-state index contributed by atoms with van der Waals surface area (Å²) in [5.41, 5.74) is 10.2. The van der Waals surface area contributed by atoms with E-state index in [2.05, 4.69) is 64.7 Å². The normalized spacial score (nSPS) is 11.3. The molecule has 6 aromatic rings. The highest BCUT2D eigenvalue weighted by Gasteiger charge is 2.19. The molecule has 0 unspecified atom stereocenters. The van der Waals surface area contributed by atoms with Crippen LogP contribution in [0.25, 0.3) is 22.3 Å². The van der Waals surface area contributed by atoms with Crippen LogP contribution >= 0.6 is 67.0 Å². The Balaban J connectivity index is 1.28. The third kappa shape index (κ3) is 8.17. The summed E-state index contributed by atoms with van der Waals surface area (Å²) in [4.78, 5) is 28.7. The van der Waals surface area contributed by atoms with Gasteiger partial charge in [0.1, 0.15) is 11.3 Å². The maximum absolute atomic E-state index is 8.32. The van der Waals surface area contributed by atoms with E-state index in [1.54, 1.807) is 6.33 Å². The fourth-order valence-electron chi connectivity index (χ4n) is 5.16. The molecule has 15 heteroatoms. The number of aryl methyl sites for hydroxylation is 4. The van der Waals surface area contributed by atoms with Crippen molar-refractivity contribution in [2.45, 2.75) is 71.7 Å². The van der Waals surface area contributed by atoms with Gasteiger partial charge < -0.3 is 19.9 Å². The molecule has 0 amide bonds. The first kappa shape index (κ1) is 35.1. The lowest BCUT2D eigenvalue weighted by Crippen LogP contribution is -2.12. The van der Waals surface area contributed by atoms with Gasteiger partial charge in [0.2, 0.25) is 0 Å². The number of hydrogen-bond donors (Lipinski definition) is 3. The minimum absolute atomic E-state index is 0.142. The van der Waals surface area contributed by atoms with Gasteiger partial charge in [-0.25, -0.2) is 24.9 Å². The van der Waals surface area contributed by atoms with Gasteiger partial charge in [0.05, 0.1) is 11.3 Å². The Hall–Kier alpha value is -3.79. The SMILES string of the molecule is C#CCCCn1cnc(=N)c2[nH]c(Sc3ccc(Br)cc3CCc3nc(N)c4nc(Sc5ccc(Br)cc5Cl)n(CCCC#C)c4n3)nc21. The fourth-order valence-corrected chi connectivity index (χ4v) is 8.19. The Bertz CT molecular complexity index is 2320. The van der Waals surface area contributed by atoms with E-state index in [4.69, 9.17) is 50.5 Å². The van der Waals surface area contributed by atoms with E-state index in [0.29, 0.717) is 88.1 Å². The minimum Gasteiger partial charge on any atom is -0.382 e. The van der Waals surface area contributed by atoms with E-state index < -0.39 is 0 Å². The number of benzene rings is 2. The largest absolute Gasteiger partial charge is 0.382 e. The van der Waals surface area contributed by atoms with Crippen LogP contribution in [0.2, 0.25) is 5.02 Å². The molecule has 4 heterocycles. The van der Waals surface area contributed by atoms with Gasteiger partial charge in [-0.3, -0.25) is 5.41 Å². The average Bonchev–Trinajstić information content (AvgIpc) is 3.66. The Morgan fingerprint density at radius 2 is 1.63 bits per heavy atom. The van der Waals surface area contributed by atoms with E-state index in [1.165, 1.54) is 23.5 Å². The summed E-state index contributed by atoms with van der Waals surface area (Å²) < 4.78 is 5.83. The maximum Gasteiger partial charge on any atom is 0.175 e. The fraction of sp³-hybridized carbons (Fsp3) is 0.235. The second-order valence-corrected chi connectivity index (χ2v) is 15.2. The number of nitrogens with zero attached hydrogens (tertiary/aromatic N) is 7. The molecule has 0 bridgehead atoms. The van der Waals surface area contributed by atoms with Crippen LogP contribution in [0, 0.1) is 30.1 Å². The number of aromatic amines is 1. The summed E-state index contributed by atoms with van der Waals surface area (Å²) in [5, 5.41) is 10.3. The van der Waals surface area contributed by atoms with Gasteiger partial charge in [0.15, 0.2) is 38.4 Å². The third-order valence-corrected chi connectivity index (χ3v) is 11.0. The van der Waals surface area contributed by atoms with E-state index >= 15 is 0 Å². The van der Waals surface area contributed by atoms with Crippen LogP contribution in [0.3, 0.4) is 0 Å². The summed E-state index contributed by atoms with van der Waals surface area (Å²) in [6.07, 6.45) is 16.7. The molecule has 0 spiro atoms. The summed E-state index contributed by atoms with van der Waals surface area (Å²) >= 11 is 16.6. The molecule has 2 aromatic carbocycles. The molecule has 0 saturated heterocycles. The van der Waals surface area contributed by atoms with Crippen molar-refractivity contribution in [2.75, 3.05) is 5.73 Å². The zero-order valence-electron chi connectivity index (χ0n) is 26.0. The van der Waals surface area contributed by atoms with Gasteiger partial charge in [0.25, 0.3) is 0 Å². The number of nitrogens with two attached hydrogens (primary N) is 1. The van der Waals surface area contributed by atoms with Crippen molar-refractivity contribution in [1.82, 2.24) is 39.0 Å². The van der Waals surface area contributed by atoms with E-state index in [-0.39, 0.29) is 5.49 Å². The standard InChI is InChI=1S/C34H29Br2ClN10S2/c1-3-5-7-15-46-19-40-29(38)27-31(46)45-33(43-27)48-24-12-10-21(35)17-20(24)9-14-26-41-30(39)28-32(42-26)47(16-8-6-4-2)34(44-28)49-25-13-11-22(36)18-23(25)37/h1-2,10-13,17-19,38H,5-9,14-16H2,(H,43,45)(H2,39,41,42). The number of anilines is 1. The number of hydrogen-bond acceptors (Lipinski definition) is 9. The van der Waals surface area contributed by atoms with Crippen LogP contribution in [0.4, 0.5) is 5.82 Å². The van der Waals surface area contributed by atoms with Gasteiger partial charge >= 0.3 is 0 Å². The number of nitrogens with one attached hydrogen (secondary N) is 2. The number of unbranched alkanes of at least 4 members (excludes halogenated alkanes) is 2. The smallest absolute Gasteiger partial charge is 0.175 e. The summed E-state index contributed by atoms with van der Waals surface area (Å²) in [5.74, 6) is 6.32. The average molecular weight is 837 g/mol. The molecule has 49 heavy (non-hydrogen) atoms. The molecule has 0 fully saturated rings. The van der Waals surface area contributed by atoms with Crippen LogP contribution in [0.15, 0.2) is 71.8 Å². The molecule has 0 radical (unpaired) electrons. The molecular formula is C34H29Br2ClN10S2. The van der Waals surface area contributed by atoms with Crippen molar-refractivity contribution < 1.29 is 0 Å². The lowest BCUT2D eigenvalue weighted by molar-refractivity contribution is 0.614. The topological polar surface area (TPSA) is 140 Å². The van der Waals surface area contributed by atoms with Crippen LogP contribution in [-0.4, -0.2) is 39.0 Å². The Kier molecular flexibility index (Phi) is 11.3. The molecule has 0 atom stereocenters. The van der Waals surface area contributed by atoms with E-state index in [0.717, 1.165) is 37.1 Å². The Morgan fingerprint density at radius 3 is 2.39 bits per heavy atom. The summed E-state index contributed by atoms with van der Waals surface area (Å²) in [7, 11) is 0. The van der Waals surface area contributed by atoms with Crippen molar-refractivity contribution in [1.29, 1.82) is 5.41 Å². The third-order valence-electron chi connectivity index (χ3n) is 7.50. The number of H-pyrrole nitrogens is 1. The lowest BCUT2D eigenvalue weighted by atomic mass is 10.1. The molecule has 0 saturated carbocycles. The van der Waals surface area contributed by atoms with E-state index in [9.17, 15) is 0 Å². The van der Waals surface area contributed by atoms with Gasteiger partial charge in [0, 0.05) is 51.1 Å². The number of halogens is 3. The van der Waals surface area contributed by atoms with Crippen LogP contribution in [-0.2, 0) is 25.9 Å². The van der Waals surface area contributed by atoms with Crippen LogP contribution in [0.1, 0.15) is 37.1 Å². The van der Waals surface area contributed by atoms with Crippen molar-refractivity contribution >= 4 is 95.1 Å². The van der Waals surface area contributed by atoms with Gasteiger partial charge in [-0.15, -0.1) is 24.7 Å². The highest BCUT2D eigenvalue weighted by molar-refractivity contribution is 9.10. The predicted octanol–water partition coefficient (Wildman–Crippen LogP) is 8.05. The van der Waals surface area contributed by atoms with Crippen LogP contribution < -0.4 is 11.2 Å². The Labute approximate surface area is 313 Å². The molecule has 0 aliphatic heterocycles. The van der Waals surface area contributed by atoms with Gasteiger partial charge in [-0.05, 0) is 61.2 Å². The summed E-state index contributed by atoms with van der Waals surface area (Å²) in [6.45, 7) is 1.29. The van der Waals surface area contributed by atoms with Crippen molar-refractivity contribution in [3.05, 3.63) is 73.6 Å². The molecule has 0 aliphatic carbocycles. The second kappa shape index (κ2) is 15.8. The number of imidazole rings is 2. The number of fused-ring (bicyclic) bond motifs is 2. The van der Waals surface area contributed by atoms with Crippen molar-refractivity contribution in [3.8, 4) is 24.7 Å². The van der Waals surface area contributed by atoms with E-state index in [1.807, 2.05) is 39.5 Å². The van der Waals surface area contributed by atoms with Gasteiger partial charge in [-0.2, -0.15) is 0 Å². The number of aromatic nitrogens is 8. The first-order chi connectivity index (χ1) is 23.7. The minimum atomic E-state index is 0.142. The zero-order valence-corrected chi connectivity index (χ0v) is 31.6. The highest BCUT2D eigenvalue weighted by Crippen LogP contribution is 2.37. The molecule has 4 aromatic heterocycles. The molecule has 248 valence electrons. The van der Waals surface area contributed by atoms with Crippen LogP contribution in [0.5, 0.6) is 0 Å². The second-order valence-electron chi connectivity index (χ2n) is 10.9. The maximum atomic E-state index is 8.32. The molecule has 6 rings (SSSR count). The molecule has 4 N–H and O–H groups in total. The molecule has 10 nitrogen and oxygen atoms in total. The lowest BCUT2D eigenvalue weighted by Gasteiger charge is -2.10. The monoisotopic (exact) mass is 834 g/mol. The predicted molar refractivity (Wildman–Crippen MR) is 203 cm³/mol. The van der Waals surface area contributed by atoms with Crippen molar-refractivity contribution in [2.24, 2.45) is 0 Å². The molecular weight excluding hydrogens is 808 g/mol. The highest BCUT2D eigenvalue weighted by atomic mass is 79.9. The zero-order chi connectivity index (χ0) is 34.5. The van der Waals surface area contributed by atoms with Gasteiger partial charge in [-0.1, -0.05) is 67.0 Å². The quantitative estimate of drug-likeness (QED) is 0.0785.